The fourth-order valence-electron chi connectivity index (χ4n) is 1.30. The smallest absolute Gasteiger partial charge is 0.321 e. The fourth-order valence-corrected chi connectivity index (χ4v) is 1.47. The molecule has 0 atom stereocenters. The van der Waals surface area contributed by atoms with Gasteiger partial charge in [0.1, 0.15) is 0 Å². The summed E-state index contributed by atoms with van der Waals surface area (Å²) in [6.45, 7) is 2.51. The molecule has 2 amide bonds. The van der Waals surface area contributed by atoms with Crippen molar-refractivity contribution in [1.82, 2.24) is 4.90 Å². The van der Waals surface area contributed by atoms with Crippen molar-refractivity contribution in [1.29, 1.82) is 0 Å². The van der Waals surface area contributed by atoms with Gasteiger partial charge in [0.25, 0.3) is 0 Å². The van der Waals surface area contributed by atoms with Crippen LogP contribution in [0, 0.1) is 11.8 Å². The first kappa shape index (κ1) is 15.4. The summed E-state index contributed by atoms with van der Waals surface area (Å²) in [6, 6.07) is 4.90. The van der Waals surface area contributed by atoms with Gasteiger partial charge in [-0.1, -0.05) is 23.4 Å². The fraction of sp³-hybridized carbons (Fsp3) is 0.357. The summed E-state index contributed by atoms with van der Waals surface area (Å²) in [7, 11) is 1.71. The van der Waals surface area contributed by atoms with E-state index < -0.39 is 0 Å². The minimum atomic E-state index is -0.213. The SMILES string of the molecule is CCN(C)C(=O)Nc1cc(Cl)ccc1C#CCCO. The van der Waals surface area contributed by atoms with E-state index in [1.165, 1.54) is 0 Å². The third-order valence-electron chi connectivity index (χ3n) is 2.50. The van der Waals surface area contributed by atoms with E-state index in [2.05, 4.69) is 17.2 Å². The summed E-state index contributed by atoms with van der Waals surface area (Å²) in [6.07, 6.45) is 0.394. The molecule has 0 unspecified atom stereocenters. The van der Waals surface area contributed by atoms with E-state index in [4.69, 9.17) is 16.7 Å². The number of hydrogen-bond donors (Lipinski definition) is 2. The lowest BCUT2D eigenvalue weighted by Gasteiger charge is -2.16. The number of anilines is 1. The Bertz CT molecular complexity index is 506. The molecule has 0 radical (unpaired) electrons. The minimum Gasteiger partial charge on any atom is -0.395 e. The van der Waals surface area contributed by atoms with Gasteiger partial charge in [-0.25, -0.2) is 4.79 Å². The van der Waals surface area contributed by atoms with E-state index in [1.807, 2.05) is 6.92 Å². The summed E-state index contributed by atoms with van der Waals surface area (Å²) in [5.41, 5.74) is 1.25. The number of urea groups is 1. The highest BCUT2D eigenvalue weighted by Gasteiger charge is 2.09. The molecule has 0 saturated heterocycles. The van der Waals surface area contributed by atoms with Crippen LogP contribution in [0.1, 0.15) is 18.9 Å². The monoisotopic (exact) mass is 280 g/mol. The molecule has 0 spiro atoms. The zero-order valence-corrected chi connectivity index (χ0v) is 11.8. The summed E-state index contributed by atoms with van der Waals surface area (Å²) in [5, 5.41) is 12.0. The zero-order valence-electron chi connectivity index (χ0n) is 11.0. The number of carbonyl (C=O) groups excluding carboxylic acids is 1. The van der Waals surface area contributed by atoms with Crippen LogP contribution in [-0.2, 0) is 0 Å². The molecule has 2 N–H and O–H groups in total. The number of nitrogens with one attached hydrogen (secondary N) is 1. The van der Waals surface area contributed by atoms with Crippen LogP contribution in [0.4, 0.5) is 10.5 Å². The van der Waals surface area contributed by atoms with Gasteiger partial charge in [0.15, 0.2) is 0 Å². The van der Waals surface area contributed by atoms with Gasteiger partial charge < -0.3 is 15.3 Å². The average molecular weight is 281 g/mol. The van der Waals surface area contributed by atoms with Crippen molar-refractivity contribution in [3.05, 3.63) is 28.8 Å². The standard InChI is InChI=1S/C14H17ClN2O2/c1-3-17(2)14(19)16-13-10-12(15)8-7-11(13)6-4-5-9-18/h7-8,10,18H,3,5,9H2,1-2H3,(H,16,19). The van der Waals surface area contributed by atoms with E-state index in [0.29, 0.717) is 29.2 Å². The van der Waals surface area contributed by atoms with Crippen molar-refractivity contribution in [2.45, 2.75) is 13.3 Å². The number of amides is 2. The molecule has 0 bridgehead atoms. The molecule has 0 aromatic heterocycles. The molecule has 0 aliphatic carbocycles. The number of halogens is 1. The highest BCUT2D eigenvalue weighted by atomic mass is 35.5. The molecule has 5 heteroatoms. The molecule has 4 nitrogen and oxygen atoms in total. The van der Waals surface area contributed by atoms with Crippen LogP contribution in [0.2, 0.25) is 5.02 Å². The second kappa shape index (κ2) is 7.67. The van der Waals surface area contributed by atoms with Crippen molar-refractivity contribution in [2.24, 2.45) is 0 Å². The van der Waals surface area contributed by atoms with Crippen LogP contribution in [0.5, 0.6) is 0 Å². The Morgan fingerprint density at radius 3 is 2.89 bits per heavy atom. The van der Waals surface area contributed by atoms with E-state index in [1.54, 1.807) is 30.1 Å². The Hall–Kier alpha value is -1.70. The number of aliphatic hydroxyl groups is 1. The first-order valence-corrected chi connectivity index (χ1v) is 6.37. The Morgan fingerprint density at radius 1 is 1.53 bits per heavy atom. The van der Waals surface area contributed by atoms with Gasteiger partial charge in [0.05, 0.1) is 12.3 Å². The predicted molar refractivity (Wildman–Crippen MR) is 77.4 cm³/mol. The van der Waals surface area contributed by atoms with Crippen molar-refractivity contribution >= 4 is 23.3 Å². The number of aliphatic hydroxyl groups excluding tert-OH is 1. The summed E-state index contributed by atoms with van der Waals surface area (Å²) in [4.78, 5) is 13.4. The van der Waals surface area contributed by atoms with Crippen LogP contribution in [0.3, 0.4) is 0 Å². The van der Waals surface area contributed by atoms with Crippen LogP contribution < -0.4 is 5.32 Å². The van der Waals surface area contributed by atoms with E-state index in [-0.39, 0.29) is 12.6 Å². The Kier molecular flexibility index (Phi) is 6.20. The maximum absolute atomic E-state index is 11.8. The summed E-state index contributed by atoms with van der Waals surface area (Å²) >= 11 is 5.92. The first-order chi connectivity index (χ1) is 9.08. The normalized spacial score (nSPS) is 9.47. The zero-order chi connectivity index (χ0) is 14.3. The lowest BCUT2D eigenvalue weighted by molar-refractivity contribution is 0.224. The van der Waals surface area contributed by atoms with Gasteiger partial charge in [-0.05, 0) is 25.1 Å². The van der Waals surface area contributed by atoms with Crippen molar-refractivity contribution < 1.29 is 9.90 Å². The van der Waals surface area contributed by atoms with Crippen LogP contribution in [0.25, 0.3) is 0 Å². The van der Waals surface area contributed by atoms with Crippen molar-refractivity contribution in [3.63, 3.8) is 0 Å². The number of benzene rings is 1. The third-order valence-corrected chi connectivity index (χ3v) is 2.74. The van der Waals surface area contributed by atoms with Gasteiger partial charge in [-0.2, -0.15) is 0 Å². The Labute approximate surface area is 118 Å². The largest absolute Gasteiger partial charge is 0.395 e. The number of rotatable bonds is 3. The van der Waals surface area contributed by atoms with Crippen molar-refractivity contribution in [2.75, 3.05) is 25.5 Å². The van der Waals surface area contributed by atoms with Crippen LogP contribution in [-0.4, -0.2) is 36.2 Å². The molecular formula is C14H17ClN2O2. The highest BCUT2D eigenvalue weighted by molar-refractivity contribution is 6.31. The first-order valence-electron chi connectivity index (χ1n) is 6.00. The molecule has 0 aliphatic rings. The quantitative estimate of drug-likeness (QED) is 0.836. The molecule has 1 rings (SSSR count). The average Bonchev–Trinajstić information content (AvgIpc) is 2.40. The molecule has 19 heavy (non-hydrogen) atoms. The highest BCUT2D eigenvalue weighted by Crippen LogP contribution is 2.20. The van der Waals surface area contributed by atoms with Gasteiger partial charge in [0, 0.05) is 30.6 Å². The molecule has 0 saturated carbocycles. The Balaban J connectivity index is 2.95. The minimum absolute atomic E-state index is 0.0147. The lowest BCUT2D eigenvalue weighted by atomic mass is 10.1. The molecular weight excluding hydrogens is 264 g/mol. The third kappa shape index (κ3) is 4.82. The van der Waals surface area contributed by atoms with Gasteiger partial charge in [-0.15, -0.1) is 0 Å². The van der Waals surface area contributed by atoms with E-state index in [9.17, 15) is 4.79 Å². The lowest BCUT2D eigenvalue weighted by Crippen LogP contribution is -2.31. The van der Waals surface area contributed by atoms with Crippen LogP contribution in [0.15, 0.2) is 18.2 Å². The number of carbonyl (C=O) groups is 1. The molecule has 0 heterocycles. The summed E-state index contributed by atoms with van der Waals surface area (Å²) in [5.74, 6) is 5.72. The number of hydrogen-bond acceptors (Lipinski definition) is 2. The van der Waals surface area contributed by atoms with Gasteiger partial charge in [0.2, 0.25) is 0 Å². The molecule has 102 valence electrons. The predicted octanol–water partition coefficient (Wildman–Crippen LogP) is 2.56. The molecule has 1 aromatic rings. The maximum atomic E-state index is 11.8. The number of nitrogens with zero attached hydrogens (tertiary/aromatic N) is 1. The molecule has 1 aromatic carbocycles. The van der Waals surface area contributed by atoms with Crippen molar-refractivity contribution in [3.8, 4) is 11.8 Å². The Morgan fingerprint density at radius 2 is 2.26 bits per heavy atom. The van der Waals surface area contributed by atoms with E-state index in [0.717, 1.165) is 0 Å². The molecule has 0 fully saturated rings. The molecule has 0 aliphatic heterocycles. The maximum Gasteiger partial charge on any atom is 0.321 e. The van der Waals surface area contributed by atoms with Crippen LogP contribution >= 0.6 is 11.6 Å². The van der Waals surface area contributed by atoms with Gasteiger partial charge in [-0.3, -0.25) is 0 Å². The van der Waals surface area contributed by atoms with Gasteiger partial charge >= 0.3 is 6.03 Å². The topological polar surface area (TPSA) is 52.6 Å². The second-order valence-corrected chi connectivity index (χ2v) is 4.35. The summed E-state index contributed by atoms with van der Waals surface area (Å²) < 4.78 is 0. The van der Waals surface area contributed by atoms with E-state index >= 15 is 0 Å². The second-order valence-electron chi connectivity index (χ2n) is 3.91.